The standard InChI is InChI=1S/C19H31N/c1-16(2)8-5-3-4-6-13-20-15-17-11-12-18-9-7-10-19(18)14-17/h11-12,14,16,20H,3-10,13,15H2,1-2H3. The molecule has 0 unspecified atom stereocenters. The second-order valence-corrected chi connectivity index (χ2v) is 6.73. The Morgan fingerprint density at radius 1 is 1.00 bits per heavy atom. The average Bonchev–Trinajstić information content (AvgIpc) is 2.89. The molecule has 0 bridgehead atoms. The Labute approximate surface area is 125 Å². The fourth-order valence-corrected chi connectivity index (χ4v) is 3.12. The van der Waals surface area contributed by atoms with E-state index in [2.05, 4.69) is 37.4 Å². The Hall–Kier alpha value is -0.820. The van der Waals surface area contributed by atoms with Crippen molar-refractivity contribution in [2.24, 2.45) is 5.92 Å². The molecule has 20 heavy (non-hydrogen) atoms. The highest BCUT2D eigenvalue weighted by Gasteiger charge is 2.10. The van der Waals surface area contributed by atoms with E-state index in [-0.39, 0.29) is 0 Å². The van der Waals surface area contributed by atoms with Gasteiger partial charge in [0, 0.05) is 6.54 Å². The molecular weight excluding hydrogens is 242 g/mol. The number of unbranched alkanes of at least 4 members (excludes halogenated alkanes) is 3. The topological polar surface area (TPSA) is 12.0 Å². The van der Waals surface area contributed by atoms with Crippen molar-refractivity contribution >= 4 is 0 Å². The van der Waals surface area contributed by atoms with E-state index in [1.807, 2.05) is 0 Å². The van der Waals surface area contributed by atoms with Crippen LogP contribution in [0.3, 0.4) is 0 Å². The minimum absolute atomic E-state index is 0.868. The molecule has 1 heteroatoms. The molecule has 0 saturated heterocycles. The molecule has 0 aromatic heterocycles. The van der Waals surface area contributed by atoms with E-state index < -0.39 is 0 Å². The zero-order valence-electron chi connectivity index (χ0n) is 13.4. The lowest BCUT2D eigenvalue weighted by molar-refractivity contribution is 0.512. The maximum absolute atomic E-state index is 3.59. The van der Waals surface area contributed by atoms with E-state index >= 15 is 0 Å². The number of hydrogen-bond donors (Lipinski definition) is 1. The Balaban J connectivity index is 1.53. The summed E-state index contributed by atoms with van der Waals surface area (Å²) in [5, 5.41) is 3.59. The number of hydrogen-bond acceptors (Lipinski definition) is 1. The van der Waals surface area contributed by atoms with Gasteiger partial charge in [0.15, 0.2) is 0 Å². The van der Waals surface area contributed by atoms with Gasteiger partial charge in [0.05, 0.1) is 0 Å². The normalized spacial score (nSPS) is 13.9. The van der Waals surface area contributed by atoms with Crippen molar-refractivity contribution in [3.8, 4) is 0 Å². The van der Waals surface area contributed by atoms with Crippen molar-refractivity contribution in [1.29, 1.82) is 0 Å². The molecule has 1 N–H and O–H groups in total. The summed E-state index contributed by atoms with van der Waals surface area (Å²) in [6.45, 7) is 6.84. The van der Waals surface area contributed by atoms with Gasteiger partial charge in [-0.05, 0) is 54.8 Å². The lowest BCUT2D eigenvalue weighted by atomic mass is 10.0. The van der Waals surface area contributed by atoms with Crippen molar-refractivity contribution < 1.29 is 0 Å². The Morgan fingerprint density at radius 3 is 2.65 bits per heavy atom. The van der Waals surface area contributed by atoms with Gasteiger partial charge in [-0.25, -0.2) is 0 Å². The third-order valence-electron chi connectivity index (χ3n) is 4.38. The summed E-state index contributed by atoms with van der Waals surface area (Å²) in [5.41, 5.74) is 4.64. The number of nitrogens with one attached hydrogen (secondary N) is 1. The number of rotatable bonds is 9. The highest BCUT2D eigenvalue weighted by Crippen LogP contribution is 2.22. The third-order valence-corrected chi connectivity index (χ3v) is 4.38. The van der Waals surface area contributed by atoms with Crippen molar-refractivity contribution in [1.82, 2.24) is 5.32 Å². The summed E-state index contributed by atoms with van der Waals surface area (Å²) in [4.78, 5) is 0. The van der Waals surface area contributed by atoms with Crippen LogP contribution >= 0.6 is 0 Å². The first-order valence-electron chi connectivity index (χ1n) is 8.57. The predicted octanol–water partition coefficient (Wildman–Crippen LogP) is 4.87. The molecule has 1 aromatic carbocycles. The second kappa shape index (κ2) is 8.46. The van der Waals surface area contributed by atoms with E-state index in [4.69, 9.17) is 0 Å². The molecule has 0 radical (unpaired) electrons. The molecule has 1 aromatic rings. The van der Waals surface area contributed by atoms with Crippen LogP contribution in [0, 0.1) is 5.92 Å². The predicted molar refractivity (Wildman–Crippen MR) is 88.1 cm³/mol. The van der Waals surface area contributed by atoms with Crippen LogP contribution in [-0.2, 0) is 19.4 Å². The molecule has 0 fully saturated rings. The first kappa shape index (κ1) is 15.6. The van der Waals surface area contributed by atoms with Crippen molar-refractivity contribution in [2.75, 3.05) is 6.54 Å². The smallest absolute Gasteiger partial charge is 0.0205 e. The molecule has 1 nitrogen and oxygen atoms in total. The van der Waals surface area contributed by atoms with E-state index in [1.54, 1.807) is 11.1 Å². The van der Waals surface area contributed by atoms with Crippen LogP contribution in [0.4, 0.5) is 0 Å². The monoisotopic (exact) mass is 273 g/mol. The molecule has 0 heterocycles. The van der Waals surface area contributed by atoms with Gasteiger partial charge in [0.2, 0.25) is 0 Å². The molecule has 0 amide bonds. The molecule has 0 aliphatic heterocycles. The molecule has 0 atom stereocenters. The summed E-state index contributed by atoms with van der Waals surface area (Å²) < 4.78 is 0. The van der Waals surface area contributed by atoms with Gasteiger partial charge in [-0.2, -0.15) is 0 Å². The Kier molecular flexibility index (Phi) is 6.59. The minimum Gasteiger partial charge on any atom is -0.313 e. The SMILES string of the molecule is CC(C)CCCCCCNCc1ccc2c(c1)CCC2. The molecule has 112 valence electrons. The van der Waals surface area contributed by atoms with Crippen molar-refractivity contribution in [2.45, 2.75) is 71.8 Å². The highest BCUT2D eigenvalue weighted by molar-refractivity contribution is 5.35. The van der Waals surface area contributed by atoms with Crippen LogP contribution in [0.5, 0.6) is 0 Å². The van der Waals surface area contributed by atoms with Crippen LogP contribution in [0.15, 0.2) is 18.2 Å². The lowest BCUT2D eigenvalue weighted by Crippen LogP contribution is -2.14. The van der Waals surface area contributed by atoms with Crippen LogP contribution in [0.2, 0.25) is 0 Å². The minimum atomic E-state index is 0.868. The van der Waals surface area contributed by atoms with Crippen LogP contribution in [0.25, 0.3) is 0 Å². The van der Waals surface area contributed by atoms with Gasteiger partial charge in [0.1, 0.15) is 0 Å². The third kappa shape index (κ3) is 5.28. The summed E-state index contributed by atoms with van der Waals surface area (Å²) in [6, 6.07) is 7.06. The Bertz CT molecular complexity index is 395. The summed E-state index contributed by atoms with van der Waals surface area (Å²) in [6.07, 6.45) is 10.8. The fourth-order valence-electron chi connectivity index (χ4n) is 3.12. The quantitative estimate of drug-likeness (QED) is 0.633. The van der Waals surface area contributed by atoms with E-state index in [9.17, 15) is 0 Å². The maximum Gasteiger partial charge on any atom is 0.0205 e. The van der Waals surface area contributed by atoms with Crippen LogP contribution in [0.1, 0.15) is 69.1 Å². The van der Waals surface area contributed by atoms with Crippen molar-refractivity contribution in [3.63, 3.8) is 0 Å². The first-order valence-corrected chi connectivity index (χ1v) is 8.57. The van der Waals surface area contributed by atoms with E-state index in [0.29, 0.717) is 0 Å². The van der Waals surface area contributed by atoms with Gasteiger partial charge < -0.3 is 5.32 Å². The van der Waals surface area contributed by atoms with Gasteiger partial charge in [-0.1, -0.05) is 57.7 Å². The molecule has 2 rings (SSSR count). The molecule has 1 aliphatic rings. The summed E-state index contributed by atoms with van der Waals surface area (Å²) in [5.74, 6) is 0.868. The number of benzene rings is 1. The van der Waals surface area contributed by atoms with Crippen molar-refractivity contribution in [3.05, 3.63) is 34.9 Å². The van der Waals surface area contributed by atoms with E-state index in [0.717, 1.165) is 12.5 Å². The van der Waals surface area contributed by atoms with Crippen LogP contribution < -0.4 is 5.32 Å². The average molecular weight is 273 g/mol. The summed E-state index contributed by atoms with van der Waals surface area (Å²) in [7, 11) is 0. The largest absolute Gasteiger partial charge is 0.313 e. The first-order chi connectivity index (χ1) is 9.75. The zero-order valence-corrected chi connectivity index (χ0v) is 13.4. The lowest BCUT2D eigenvalue weighted by Gasteiger charge is -2.08. The van der Waals surface area contributed by atoms with Crippen LogP contribution in [-0.4, -0.2) is 6.54 Å². The second-order valence-electron chi connectivity index (χ2n) is 6.73. The maximum atomic E-state index is 3.59. The molecular formula is C19H31N. The van der Waals surface area contributed by atoms with Gasteiger partial charge in [0.25, 0.3) is 0 Å². The van der Waals surface area contributed by atoms with Gasteiger partial charge in [-0.3, -0.25) is 0 Å². The summed E-state index contributed by atoms with van der Waals surface area (Å²) >= 11 is 0. The highest BCUT2D eigenvalue weighted by atomic mass is 14.8. The number of fused-ring (bicyclic) bond motifs is 1. The molecule has 0 saturated carbocycles. The number of aryl methyl sites for hydroxylation is 2. The fraction of sp³-hybridized carbons (Fsp3) is 0.684. The molecule has 1 aliphatic carbocycles. The van der Waals surface area contributed by atoms with E-state index in [1.165, 1.54) is 63.5 Å². The molecule has 0 spiro atoms. The zero-order chi connectivity index (χ0) is 14.2. The van der Waals surface area contributed by atoms with Gasteiger partial charge in [-0.15, -0.1) is 0 Å². The Morgan fingerprint density at radius 2 is 1.80 bits per heavy atom. The van der Waals surface area contributed by atoms with Gasteiger partial charge >= 0.3 is 0 Å².